The van der Waals surface area contributed by atoms with Gasteiger partial charge in [0.05, 0.1) is 8.07 Å². The van der Waals surface area contributed by atoms with E-state index in [2.05, 4.69) is 77.8 Å². The van der Waals surface area contributed by atoms with Crippen molar-refractivity contribution in [1.82, 2.24) is 0 Å². The van der Waals surface area contributed by atoms with Gasteiger partial charge in [-0.2, -0.15) is 0 Å². The minimum atomic E-state index is -1.19. The Balaban J connectivity index is 2.84. The van der Waals surface area contributed by atoms with E-state index in [4.69, 9.17) is 0 Å². The number of halogens is 2. The summed E-state index contributed by atoms with van der Waals surface area (Å²) >= 11 is 5.31. The largest absolute Gasteiger partial charge is 0.0858 e. The van der Waals surface area contributed by atoms with Gasteiger partial charge in [0.25, 0.3) is 0 Å². The third-order valence-electron chi connectivity index (χ3n) is 4.55. The summed E-state index contributed by atoms with van der Waals surface area (Å²) in [5, 5.41) is 0. The van der Waals surface area contributed by atoms with Crippen LogP contribution in [-0.2, 0) is 0 Å². The molecule has 0 spiro atoms. The predicted molar refractivity (Wildman–Crippen MR) is 122 cm³/mol. The van der Waals surface area contributed by atoms with Gasteiger partial charge in [-0.1, -0.05) is 87.7 Å². The molecule has 0 atom stereocenters. The monoisotopic (exact) mass is 544 g/mol. The SMILES string of the molecule is CCCCCCC(/C=C(\I)C1CCCCC1)=C(/I)[Si](C)(C)C. The van der Waals surface area contributed by atoms with Gasteiger partial charge in [0.1, 0.15) is 0 Å². The van der Waals surface area contributed by atoms with Crippen molar-refractivity contribution in [2.24, 2.45) is 5.92 Å². The Morgan fingerprint density at radius 1 is 1.00 bits per heavy atom. The average molecular weight is 544 g/mol. The Bertz CT molecular complexity index is 385. The maximum Gasteiger partial charge on any atom is 0.0858 e. The van der Waals surface area contributed by atoms with Gasteiger partial charge in [-0.05, 0) is 72.6 Å². The first kappa shape index (κ1) is 21.2. The first-order chi connectivity index (χ1) is 10.4. The Morgan fingerprint density at radius 3 is 2.18 bits per heavy atom. The molecule has 0 aromatic carbocycles. The Kier molecular flexibility index (Phi) is 10.5. The van der Waals surface area contributed by atoms with Crippen molar-refractivity contribution in [3.8, 4) is 0 Å². The molecule has 0 radical (unpaired) electrons. The molecule has 1 fully saturated rings. The van der Waals surface area contributed by atoms with Crippen molar-refractivity contribution in [3.63, 3.8) is 0 Å². The van der Waals surface area contributed by atoms with Crippen molar-refractivity contribution in [2.45, 2.75) is 90.8 Å². The number of hydrogen-bond acceptors (Lipinski definition) is 0. The van der Waals surface area contributed by atoms with E-state index < -0.39 is 8.07 Å². The van der Waals surface area contributed by atoms with Crippen LogP contribution < -0.4 is 0 Å². The second-order valence-corrected chi connectivity index (χ2v) is 16.1. The Morgan fingerprint density at radius 2 is 1.64 bits per heavy atom. The minimum Gasteiger partial charge on any atom is -0.0654 e. The van der Waals surface area contributed by atoms with Crippen LogP contribution in [0.5, 0.6) is 0 Å². The zero-order chi connectivity index (χ0) is 16.6. The smallest absolute Gasteiger partial charge is 0.0654 e. The molecule has 0 N–H and O–H groups in total. The van der Waals surface area contributed by atoms with E-state index in [1.54, 1.807) is 12.4 Å². The molecule has 0 aromatic heterocycles. The summed E-state index contributed by atoms with van der Waals surface area (Å²) in [7, 11) is -1.19. The van der Waals surface area contributed by atoms with Gasteiger partial charge in [0, 0.05) is 0 Å². The molecule has 0 nitrogen and oxygen atoms in total. The molecule has 1 aliphatic carbocycles. The van der Waals surface area contributed by atoms with E-state index >= 15 is 0 Å². The highest BCUT2D eigenvalue weighted by molar-refractivity contribution is 14.1. The van der Waals surface area contributed by atoms with Crippen LogP contribution in [0.4, 0.5) is 0 Å². The normalized spacial score (nSPS) is 19.3. The van der Waals surface area contributed by atoms with E-state index in [1.807, 2.05) is 0 Å². The molecule has 0 aromatic rings. The zero-order valence-corrected chi connectivity index (χ0v) is 20.3. The third kappa shape index (κ3) is 7.82. The fraction of sp³-hybridized carbons (Fsp3) is 0.789. The van der Waals surface area contributed by atoms with Gasteiger partial charge in [-0.3, -0.25) is 0 Å². The zero-order valence-electron chi connectivity index (χ0n) is 15.0. The first-order valence-electron chi connectivity index (χ1n) is 9.12. The molecule has 1 saturated carbocycles. The highest BCUT2D eigenvalue weighted by atomic mass is 127. The maximum atomic E-state index is 2.67. The van der Waals surface area contributed by atoms with Crippen molar-refractivity contribution >= 4 is 53.3 Å². The molecule has 128 valence electrons. The molecule has 0 unspecified atom stereocenters. The highest BCUT2D eigenvalue weighted by Gasteiger charge is 2.22. The average Bonchev–Trinajstić information content (AvgIpc) is 2.49. The van der Waals surface area contributed by atoms with Crippen molar-refractivity contribution in [3.05, 3.63) is 18.4 Å². The molecular formula is C19H34I2Si. The molecule has 0 saturated heterocycles. The van der Waals surface area contributed by atoms with Crippen LogP contribution in [0.25, 0.3) is 0 Å². The molecule has 1 aliphatic rings. The number of rotatable bonds is 8. The van der Waals surface area contributed by atoms with Crippen LogP contribution in [0.1, 0.15) is 71.1 Å². The van der Waals surface area contributed by atoms with Gasteiger partial charge in [-0.25, -0.2) is 0 Å². The van der Waals surface area contributed by atoms with Crippen LogP contribution in [0.3, 0.4) is 0 Å². The van der Waals surface area contributed by atoms with Gasteiger partial charge in [0.15, 0.2) is 0 Å². The Labute approximate surface area is 167 Å². The lowest BCUT2D eigenvalue weighted by molar-refractivity contribution is 0.417. The van der Waals surface area contributed by atoms with E-state index in [1.165, 1.54) is 64.2 Å². The van der Waals surface area contributed by atoms with Crippen LogP contribution >= 0.6 is 45.2 Å². The van der Waals surface area contributed by atoms with E-state index in [9.17, 15) is 0 Å². The number of allylic oxidation sites excluding steroid dienone is 3. The lowest BCUT2D eigenvalue weighted by Crippen LogP contribution is -2.21. The van der Waals surface area contributed by atoms with Gasteiger partial charge in [0.2, 0.25) is 0 Å². The summed E-state index contributed by atoms with van der Waals surface area (Å²) < 4.78 is 3.33. The molecule has 22 heavy (non-hydrogen) atoms. The molecule has 0 amide bonds. The standard InChI is InChI=1S/C19H34I2Si/c1-5-6-7-9-14-17(19(21)22(2,3)4)15-18(20)16-12-10-8-11-13-16/h15-16H,5-14H2,1-4H3/b18-15-,19-17+. The highest BCUT2D eigenvalue weighted by Crippen LogP contribution is 2.36. The molecule has 0 aliphatic heterocycles. The topological polar surface area (TPSA) is 0 Å². The summed E-state index contributed by atoms with van der Waals surface area (Å²) in [6.45, 7) is 9.76. The molecule has 3 heteroatoms. The van der Waals surface area contributed by atoms with E-state index in [-0.39, 0.29) is 0 Å². The minimum absolute atomic E-state index is 0.853. The van der Waals surface area contributed by atoms with Crippen molar-refractivity contribution in [1.29, 1.82) is 0 Å². The summed E-state index contributed by atoms with van der Waals surface area (Å²) in [5.41, 5.74) is 1.67. The number of hydrogen-bond donors (Lipinski definition) is 0. The molecular weight excluding hydrogens is 510 g/mol. The van der Waals surface area contributed by atoms with E-state index in [0.717, 1.165) is 5.92 Å². The van der Waals surface area contributed by atoms with Gasteiger partial charge >= 0.3 is 0 Å². The predicted octanol–water partition coefficient (Wildman–Crippen LogP) is 8.42. The summed E-state index contributed by atoms with van der Waals surface area (Å²) in [4.78, 5) is 0. The second-order valence-electron chi connectivity index (χ2n) is 7.76. The third-order valence-corrected chi connectivity index (χ3v) is 12.9. The summed E-state index contributed by atoms with van der Waals surface area (Å²) in [6.07, 6.45) is 16.5. The van der Waals surface area contributed by atoms with Crippen LogP contribution in [-0.4, -0.2) is 8.07 Å². The Hall–Kier alpha value is 1.16. The first-order valence-corrected chi connectivity index (χ1v) is 14.8. The maximum absolute atomic E-state index is 2.67. The quantitative estimate of drug-likeness (QED) is 0.125. The lowest BCUT2D eigenvalue weighted by atomic mass is 9.88. The fourth-order valence-electron chi connectivity index (χ4n) is 3.13. The van der Waals surface area contributed by atoms with Crippen molar-refractivity contribution < 1.29 is 0 Å². The van der Waals surface area contributed by atoms with E-state index in [0.29, 0.717) is 0 Å². The van der Waals surface area contributed by atoms with Crippen LogP contribution in [0.2, 0.25) is 19.6 Å². The molecule has 0 heterocycles. The summed E-state index contributed by atoms with van der Waals surface area (Å²) in [5.74, 6) is 0.853. The van der Waals surface area contributed by atoms with Gasteiger partial charge < -0.3 is 0 Å². The van der Waals surface area contributed by atoms with Gasteiger partial charge in [-0.15, -0.1) is 0 Å². The second kappa shape index (κ2) is 10.9. The molecule has 1 rings (SSSR count). The summed E-state index contributed by atoms with van der Waals surface area (Å²) in [6, 6.07) is 0. The fourth-order valence-corrected chi connectivity index (χ4v) is 5.72. The number of unbranched alkanes of at least 4 members (excludes halogenated alkanes) is 3. The molecule has 0 bridgehead atoms. The van der Waals surface area contributed by atoms with Crippen molar-refractivity contribution in [2.75, 3.05) is 0 Å². The van der Waals surface area contributed by atoms with Crippen LogP contribution in [0, 0.1) is 5.92 Å². The lowest BCUT2D eigenvalue weighted by Gasteiger charge is -2.23. The van der Waals surface area contributed by atoms with Crippen LogP contribution in [0.15, 0.2) is 18.4 Å².